The molecule has 0 bridgehead atoms. The fourth-order valence-electron chi connectivity index (χ4n) is 2.29. The van der Waals surface area contributed by atoms with Gasteiger partial charge in [0, 0.05) is 30.5 Å². The van der Waals surface area contributed by atoms with E-state index >= 15 is 0 Å². The summed E-state index contributed by atoms with van der Waals surface area (Å²) in [6.45, 7) is 3.23. The maximum atomic E-state index is 5.52. The third-order valence-electron chi connectivity index (χ3n) is 3.27. The summed E-state index contributed by atoms with van der Waals surface area (Å²) in [6, 6.07) is 12.1. The van der Waals surface area contributed by atoms with Gasteiger partial charge in [-0.15, -0.1) is 0 Å². The minimum absolute atomic E-state index is 0.599. The van der Waals surface area contributed by atoms with E-state index in [9.17, 15) is 0 Å². The Morgan fingerprint density at radius 1 is 1.10 bits per heavy atom. The number of rotatable bonds is 5. The summed E-state index contributed by atoms with van der Waals surface area (Å²) >= 11 is 0. The molecule has 3 rings (SSSR count). The van der Waals surface area contributed by atoms with Gasteiger partial charge in [0.25, 0.3) is 0 Å². The molecule has 0 fully saturated rings. The summed E-state index contributed by atoms with van der Waals surface area (Å²) < 4.78 is 5.52. The van der Waals surface area contributed by atoms with Gasteiger partial charge in [0.1, 0.15) is 0 Å². The smallest absolute Gasteiger partial charge is 0.237 e. The van der Waals surface area contributed by atoms with Crippen molar-refractivity contribution in [2.75, 3.05) is 11.9 Å². The highest BCUT2D eigenvalue weighted by Gasteiger charge is 2.05. The van der Waals surface area contributed by atoms with Crippen LogP contribution in [0.2, 0.25) is 0 Å². The average molecular weight is 279 g/mol. The van der Waals surface area contributed by atoms with E-state index < -0.39 is 0 Å². The third kappa shape index (κ3) is 2.94. The predicted octanol–water partition coefficient (Wildman–Crippen LogP) is 3.64. The van der Waals surface area contributed by atoms with Crippen LogP contribution in [-0.2, 0) is 6.54 Å². The number of fused-ring (bicyclic) bond motifs is 1. The number of benzene rings is 1. The third-order valence-corrected chi connectivity index (χ3v) is 3.27. The van der Waals surface area contributed by atoms with E-state index in [1.165, 1.54) is 5.39 Å². The van der Waals surface area contributed by atoms with E-state index in [-0.39, 0.29) is 0 Å². The zero-order chi connectivity index (χ0) is 14.5. The number of hydrogen-bond acceptors (Lipinski definition) is 4. The van der Waals surface area contributed by atoms with Crippen molar-refractivity contribution in [2.24, 2.45) is 0 Å². The van der Waals surface area contributed by atoms with Gasteiger partial charge >= 0.3 is 0 Å². The molecule has 0 amide bonds. The Bertz CT molecular complexity index is 737. The van der Waals surface area contributed by atoms with E-state index in [0.29, 0.717) is 19.0 Å². The van der Waals surface area contributed by atoms with Crippen molar-refractivity contribution in [3.63, 3.8) is 0 Å². The van der Waals surface area contributed by atoms with Gasteiger partial charge in [0.15, 0.2) is 0 Å². The number of hydrogen-bond donors (Lipinski definition) is 1. The lowest BCUT2D eigenvalue weighted by Crippen LogP contribution is -2.04. The Balaban J connectivity index is 1.84. The molecule has 0 aliphatic heterocycles. The number of nitrogens with one attached hydrogen (secondary N) is 1. The first-order chi connectivity index (χ1) is 10.4. The minimum Gasteiger partial charge on any atom is -0.476 e. The largest absolute Gasteiger partial charge is 0.476 e. The summed E-state index contributed by atoms with van der Waals surface area (Å²) in [5.41, 5.74) is 2.05. The van der Waals surface area contributed by atoms with E-state index in [1.807, 2.05) is 43.6 Å². The van der Waals surface area contributed by atoms with E-state index in [2.05, 4.69) is 27.4 Å². The minimum atomic E-state index is 0.599. The molecular formula is C17H17N3O. The Morgan fingerprint density at radius 2 is 2.00 bits per heavy atom. The highest BCUT2D eigenvalue weighted by atomic mass is 16.5. The summed E-state index contributed by atoms with van der Waals surface area (Å²) in [4.78, 5) is 8.54. The van der Waals surface area contributed by atoms with Crippen LogP contribution in [0.25, 0.3) is 10.8 Å². The average Bonchev–Trinajstić information content (AvgIpc) is 2.54. The van der Waals surface area contributed by atoms with Crippen LogP contribution < -0.4 is 10.1 Å². The zero-order valence-electron chi connectivity index (χ0n) is 11.9. The van der Waals surface area contributed by atoms with Crippen LogP contribution in [-0.4, -0.2) is 16.6 Å². The topological polar surface area (TPSA) is 47.0 Å². The number of nitrogens with zero attached hydrogens (tertiary/aromatic N) is 2. The quantitative estimate of drug-likeness (QED) is 0.774. The molecule has 1 N–H and O–H groups in total. The molecule has 2 aromatic heterocycles. The second kappa shape index (κ2) is 6.22. The SMILES string of the molecule is CCOc1ncccc1NCc1cncc2ccccc12. The van der Waals surface area contributed by atoms with E-state index in [1.54, 1.807) is 6.20 Å². The van der Waals surface area contributed by atoms with Gasteiger partial charge < -0.3 is 10.1 Å². The maximum Gasteiger partial charge on any atom is 0.237 e. The summed E-state index contributed by atoms with van der Waals surface area (Å²) in [5, 5.41) is 5.74. The normalized spacial score (nSPS) is 10.5. The van der Waals surface area contributed by atoms with Crippen molar-refractivity contribution >= 4 is 16.5 Å². The first-order valence-electron chi connectivity index (χ1n) is 7.02. The highest BCUT2D eigenvalue weighted by Crippen LogP contribution is 2.23. The molecule has 21 heavy (non-hydrogen) atoms. The fourth-order valence-corrected chi connectivity index (χ4v) is 2.29. The van der Waals surface area contributed by atoms with Gasteiger partial charge in [0.2, 0.25) is 5.88 Å². The van der Waals surface area contributed by atoms with Crippen LogP contribution in [0.4, 0.5) is 5.69 Å². The van der Waals surface area contributed by atoms with E-state index in [4.69, 9.17) is 4.74 Å². The standard InChI is InChI=1S/C17H17N3O/c1-2-21-17-16(8-5-9-19-17)20-12-14-11-18-10-13-6-3-4-7-15(13)14/h3-11,20H,2,12H2,1H3. The molecule has 2 heterocycles. The molecule has 0 spiro atoms. The number of anilines is 1. The Kier molecular flexibility index (Phi) is 3.96. The Hall–Kier alpha value is -2.62. The predicted molar refractivity (Wildman–Crippen MR) is 84.5 cm³/mol. The first kappa shape index (κ1) is 13.4. The molecule has 4 nitrogen and oxygen atoms in total. The lowest BCUT2D eigenvalue weighted by atomic mass is 10.1. The van der Waals surface area contributed by atoms with Crippen molar-refractivity contribution in [2.45, 2.75) is 13.5 Å². The van der Waals surface area contributed by atoms with Crippen LogP contribution in [0.15, 0.2) is 55.0 Å². The zero-order valence-corrected chi connectivity index (χ0v) is 11.9. The van der Waals surface area contributed by atoms with Gasteiger partial charge in [0.05, 0.1) is 12.3 Å². The number of ether oxygens (including phenoxy) is 1. The summed E-state index contributed by atoms with van der Waals surface area (Å²) in [6.07, 6.45) is 5.51. The van der Waals surface area contributed by atoms with Crippen molar-refractivity contribution < 1.29 is 4.74 Å². The lowest BCUT2D eigenvalue weighted by molar-refractivity contribution is 0.328. The molecule has 3 aromatic rings. The molecule has 0 aliphatic rings. The van der Waals surface area contributed by atoms with Crippen molar-refractivity contribution in [1.82, 2.24) is 9.97 Å². The molecule has 0 aliphatic carbocycles. The van der Waals surface area contributed by atoms with Crippen molar-refractivity contribution in [3.8, 4) is 5.88 Å². The van der Waals surface area contributed by atoms with Gasteiger partial charge in [-0.2, -0.15) is 0 Å². The van der Waals surface area contributed by atoms with Crippen LogP contribution in [0, 0.1) is 0 Å². The van der Waals surface area contributed by atoms with Crippen molar-refractivity contribution in [1.29, 1.82) is 0 Å². The van der Waals surface area contributed by atoms with E-state index in [0.717, 1.165) is 16.6 Å². The highest BCUT2D eigenvalue weighted by molar-refractivity contribution is 5.84. The molecule has 1 aromatic carbocycles. The van der Waals surface area contributed by atoms with Gasteiger partial charge in [-0.3, -0.25) is 4.98 Å². The maximum absolute atomic E-state index is 5.52. The monoisotopic (exact) mass is 279 g/mol. The summed E-state index contributed by atoms with van der Waals surface area (Å²) in [7, 11) is 0. The van der Waals surface area contributed by atoms with Crippen molar-refractivity contribution in [3.05, 3.63) is 60.6 Å². The number of aromatic nitrogens is 2. The molecule has 0 radical (unpaired) electrons. The molecule has 0 saturated carbocycles. The molecule has 0 saturated heterocycles. The van der Waals surface area contributed by atoms with Crippen LogP contribution in [0.3, 0.4) is 0 Å². The molecule has 0 atom stereocenters. The van der Waals surface area contributed by atoms with Gasteiger partial charge in [-0.25, -0.2) is 4.98 Å². The fraction of sp³-hybridized carbons (Fsp3) is 0.176. The Morgan fingerprint density at radius 3 is 2.90 bits per heavy atom. The summed E-state index contributed by atoms with van der Waals surface area (Å²) in [5.74, 6) is 0.633. The number of pyridine rings is 2. The Labute approximate surface area is 123 Å². The molecule has 106 valence electrons. The second-order valence-corrected chi connectivity index (χ2v) is 4.66. The van der Waals surface area contributed by atoms with Crippen LogP contribution >= 0.6 is 0 Å². The lowest BCUT2D eigenvalue weighted by Gasteiger charge is -2.12. The molecular weight excluding hydrogens is 262 g/mol. The van der Waals surface area contributed by atoms with Crippen LogP contribution in [0.5, 0.6) is 5.88 Å². The second-order valence-electron chi connectivity index (χ2n) is 4.66. The molecule has 0 unspecified atom stereocenters. The van der Waals surface area contributed by atoms with Crippen LogP contribution in [0.1, 0.15) is 12.5 Å². The first-order valence-corrected chi connectivity index (χ1v) is 7.02. The molecule has 4 heteroatoms. The van der Waals surface area contributed by atoms with Gasteiger partial charge in [-0.1, -0.05) is 24.3 Å². The van der Waals surface area contributed by atoms with Gasteiger partial charge in [-0.05, 0) is 30.0 Å².